The molecular formula is C15H28. The summed E-state index contributed by atoms with van der Waals surface area (Å²) in [4.78, 5) is 0. The molecule has 15 heavy (non-hydrogen) atoms. The van der Waals surface area contributed by atoms with E-state index in [1.165, 1.54) is 44.9 Å². The van der Waals surface area contributed by atoms with Crippen molar-refractivity contribution in [1.29, 1.82) is 0 Å². The van der Waals surface area contributed by atoms with Gasteiger partial charge in [-0.15, -0.1) is 0 Å². The minimum atomic E-state index is 0.851. The van der Waals surface area contributed by atoms with Crippen LogP contribution in [0.4, 0.5) is 0 Å². The molecule has 0 amide bonds. The average molecular weight is 208 g/mol. The van der Waals surface area contributed by atoms with Gasteiger partial charge in [0.25, 0.3) is 0 Å². The molecule has 0 N–H and O–H groups in total. The molecular weight excluding hydrogens is 180 g/mol. The van der Waals surface area contributed by atoms with E-state index < -0.39 is 0 Å². The Morgan fingerprint density at radius 1 is 1.20 bits per heavy atom. The van der Waals surface area contributed by atoms with Crippen molar-refractivity contribution in [1.82, 2.24) is 0 Å². The molecule has 0 heteroatoms. The van der Waals surface area contributed by atoms with E-state index in [1.807, 2.05) is 0 Å². The highest BCUT2D eigenvalue weighted by atomic mass is 14.2. The Hall–Kier alpha value is -0.260. The SMILES string of the molecule is C=C(CCCC(C)C)C1CCC(C)CC1. The normalized spacial score (nSPS) is 26.9. The fourth-order valence-corrected chi connectivity index (χ4v) is 2.61. The summed E-state index contributed by atoms with van der Waals surface area (Å²) >= 11 is 0. The van der Waals surface area contributed by atoms with Gasteiger partial charge in [0, 0.05) is 0 Å². The summed E-state index contributed by atoms with van der Waals surface area (Å²) in [5.74, 6) is 2.67. The molecule has 1 aliphatic rings. The van der Waals surface area contributed by atoms with Gasteiger partial charge in [0.2, 0.25) is 0 Å². The van der Waals surface area contributed by atoms with Crippen LogP contribution in [0.25, 0.3) is 0 Å². The number of hydrogen-bond donors (Lipinski definition) is 0. The van der Waals surface area contributed by atoms with Crippen molar-refractivity contribution in [2.45, 2.75) is 65.7 Å². The summed E-state index contributed by atoms with van der Waals surface area (Å²) < 4.78 is 0. The van der Waals surface area contributed by atoms with E-state index in [1.54, 1.807) is 5.57 Å². The van der Waals surface area contributed by atoms with Gasteiger partial charge in [0.05, 0.1) is 0 Å². The summed E-state index contributed by atoms with van der Waals surface area (Å²) in [5.41, 5.74) is 1.54. The van der Waals surface area contributed by atoms with Crippen molar-refractivity contribution < 1.29 is 0 Å². The van der Waals surface area contributed by atoms with Crippen LogP contribution < -0.4 is 0 Å². The third-order valence-electron chi connectivity index (χ3n) is 3.87. The molecule has 0 heterocycles. The van der Waals surface area contributed by atoms with Crippen molar-refractivity contribution in [2.24, 2.45) is 17.8 Å². The maximum atomic E-state index is 4.30. The third-order valence-corrected chi connectivity index (χ3v) is 3.87. The standard InChI is InChI=1S/C15H28/c1-12(2)6-5-7-14(4)15-10-8-13(3)9-11-15/h12-13,15H,4-11H2,1-3H3. The molecule has 0 aromatic heterocycles. The molecule has 88 valence electrons. The molecule has 0 bridgehead atoms. The van der Waals surface area contributed by atoms with E-state index in [-0.39, 0.29) is 0 Å². The molecule has 0 radical (unpaired) electrons. The number of hydrogen-bond acceptors (Lipinski definition) is 0. The monoisotopic (exact) mass is 208 g/mol. The smallest absolute Gasteiger partial charge is 0.0206 e. The van der Waals surface area contributed by atoms with Gasteiger partial charge in [-0.25, -0.2) is 0 Å². The first-order chi connectivity index (χ1) is 7.09. The largest absolute Gasteiger partial charge is 0.0996 e. The van der Waals surface area contributed by atoms with E-state index in [0.717, 1.165) is 17.8 Å². The second kappa shape index (κ2) is 6.35. The first-order valence-electron chi connectivity index (χ1n) is 6.77. The van der Waals surface area contributed by atoms with Crippen LogP contribution in [0.15, 0.2) is 12.2 Å². The fraction of sp³-hybridized carbons (Fsp3) is 0.867. The predicted molar refractivity (Wildman–Crippen MR) is 69.0 cm³/mol. The zero-order chi connectivity index (χ0) is 11.3. The first-order valence-corrected chi connectivity index (χ1v) is 6.77. The lowest BCUT2D eigenvalue weighted by Crippen LogP contribution is -2.14. The summed E-state index contributed by atoms with van der Waals surface area (Å²) in [6.45, 7) is 11.3. The van der Waals surface area contributed by atoms with Crippen LogP contribution in [0.5, 0.6) is 0 Å². The molecule has 1 rings (SSSR count). The van der Waals surface area contributed by atoms with Gasteiger partial charge in [-0.05, 0) is 43.4 Å². The van der Waals surface area contributed by atoms with Crippen LogP contribution in [-0.4, -0.2) is 0 Å². The minimum absolute atomic E-state index is 0.851. The Morgan fingerprint density at radius 3 is 2.33 bits per heavy atom. The van der Waals surface area contributed by atoms with Gasteiger partial charge in [-0.1, -0.05) is 52.2 Å². The molecule has 0 unspecified atom stereocenters. The second-order valence-electron chi connectivity index (χ2n) is 5.90. The first kappa shape index (κ1) is 12.8. The van der Waals surface area contributed by atoms with Crippen molar-refractivity contribution in [3.63, 3.8) is 0 Å². The topological polar surface area (TPSA) is 0 Å². The highest BCUT2D eigenvalue weighted by Crippen LogP contribution is 2.34. The number of allylic oxidation sites excluding steroid dienone is 1. The Labute approximate surface area is 96.2 Å². The van der Waals surface area contributed by atoms with Crippen LogP contribution in [0, 0.1) is 17.8 Å². The van der Waals surface area contributed by atoms with Crippen LogP contribution in [0.3, 0.4) is 0 Å². The Bertz CT molecular complexity index is 182. The van der Waals surface area contributed by atoms with E-state index in [0.29, 0.717) is 0 Å². The highest BCUT2D eigenvalue weighted by molar-refractivity contribution is 5.01. The summed E-state index contributed by atoms with van der Waals surface area (Å²) in [6.07, 6.45) is 9.65. The van der Waals surface area contributed by atoms with Crippen LogP contribution in [0.1, 0.15) is 65.7 Å². The molecule has 0 aromatic rings. The minimum Gasteiger partial charge on any atom is -0.0996 e. The van der Waals surface area contributed by atoms with E-state index in [4.69, 9.17) is 0 Å². The molecule has 0 saturated heterocycles. The quantitative estimate of drug-likeness (QED) is 0.545. The van der Waals surface area contributed by atoms with E-state index in [9.17, 15) is 0 Å². The lowest BCUT2D eigenvalue weighted by atomic mass is 9.78. The maximum absolute atomic E-state index is 4.30. The molecule has 0 aliphatic heterocycles. The maximum Gasteiger partial charge on any atom is -0.0206 e. The van der Waals surface area contributed by atoms with Gasteiger partial charge in [-0.3, -0.25) is 0 Å². The molecule has 0 nitrogen and oxygen atoms in total. The van der Waals surface area contributed by atoms with Crippen molar-refractivity contribution in [2.75, 3.05) is 0 Å². The molecule has 1 fully saturated rings. The van der Waals surface area contributed by atoms with Crippen molar-refractivity contribution >= 4 is 0 Å². The molecule has 1 saturated carbocycles. The zero-order valence-corrected chi connectivity index (χ0v) is 10.9. The molecule has 1 aliphatic carbocycles. The zero-order valence-electron chi connectivity index (χ0n) is 10.9. The summed E-state index contributed by atoms with van der Waals surface area (Å²) in [5, 5.41) is 0. The Kier molecular flexibility index (Phi) is 5.42. The van der Waals surface area contributed by atoms with E-state index >= 15 is 0 Å². The van der Waals surface area contributed by atoms with Gasteiger partial charge in [0.1, 0.15) is 0 Å². The lowest BCUT2D eigenvalue weighted by Gasteiger charge is -2.27. The van der Waals surface area contributed by atoms with E-state index in [2.05, 4.69) is 27.4 Å². The van der Waals surface area contributed by atoms with Crippen molar-refractivity contribution in [3.05, 3.63) is 12.2 Å². The van der Waals surface area contributed by atoms with Crippen LogP contribution >= 0.6 is 0 Å². The van der Waals surface area contributed by atoms with Crippen LogP contribution in [0.2, 0.25) is 0 Å². The third kappa shape index (κ3) is 4.86. The Balaban J connectivity index is 2.17. The lowest BCUT2D eigenvalue weighted by molar-refractivity contribution is 0.314. The fourth-order valence-electron chi connectivity index (χ4n) is 2.61. The van der Waals surface area contributed by atoms with Gasteiger partial charge in [-0.2, -0.15) is 0 Å². The average Bonchev–Trinajstić information content (AvgIpc) is 2.18. The Morgan fingerprint density at radius 2 is 1.80 bits per heavy atom. The highest BCUT2D eigenvalue weighted by Gasteiger charge is 2.19. The predicted octanol–water partition coefficient (Wildman–Crippen LogP) is 5.20. The molecule has 0 spiro atoms. The van der Waals surface area contributed by atoms with Gasteiger partial charge in [0.15, 0.2) is 0 Å². The van der Waals surface area contributed by atoms with Crippen molar-refractivity contribution in [3.8, 4) is 0 Å². The van der Waals surface area contributed by atoms with Gasteiger partial charge < -0.3 is 0 Å². The summed E-state index contributed by atoms with van der Waals surface area (Å²) in [7, 11) is 0. The van der Waals surface area contributed by atoms with Gasteiger partial charge >= 0.3 is 0 Å². The molecule has 0 aromatic carbocycles. The molecule has 0 atom stereocenters. The number of rotatable bonds is 5. The van der Waals surface area contributed by atoms with Crippen LogP contribution in [-0.2, 0) is 0 Å². The second-order valence-corrected chi connectivity index (χ2v) is 5.90. The summed E-state index contributed by atoms with van der Waals surface area (Å²) in [6, 6.07) is 0.